The number of aryl methyl sites for hydroxylation is 1. The average molecular weight is 209 g/mol. The molecule has 1 nitrogen and oxygen atoms in total. The normalized spacial score (nSPS) is 12.4. The van der Waals surface area contributed by atoms with Gasteiger partial charge in [-0.1, -0.05) is 12.1 Å². The lowest BCUT2D eigenvalue weighted by Gasteiger charge is -2.11. The first-order chi connectivity index (χ1) is 7.68. The topological polar surface area (TPSA) is 12.9 Å². The number of fused-ring (bicyclic) bond motifs is 3. The van der Waals surface area contributed by atoms with Crippen molar-refractivity contribution < 1.29 is 0 Å². The van der Waals surface area contributed by atoms with E-state index in [0.29, 0.717) is 0 Å². The number of hydrogen-bond donors (Lipinski definition) is 0. The minimum atomic E-state index is 0.994. The van der Waals surface area contributed by atoms with Gasteiger partial charge in [-0.2, -0.15) is 0 Å². The summed E-state index contributed by atoms with van der Waals surface area (Å²) in [5.74, 6) is 0. The Bertz CT molecular complexity index is 582. The Morgan fingerprint density at radius 1 is 1.12 bits per heavy atom. The maximum Gasteiger partial charge on any atom is 0.0526 e. The molecule has 0 spiro atoms. The molecule has 0 saturated carbocycles. The van der Waals surface area contributed by atoms with Crippen LogP contribution in [-0.4, -0.2) is 4.98 Å². The lowest BCUT2D eigenvalue weighted by molar-refractivity contribution is 1.12. The zero-order valence-electron chi connectivity index (χ0n) is 9.96. The van der Waals surface area contributed by atoms with Gasteiger partial charge in [0.2, 0.25) is 0 Å². The van der Waals surface area contributed by atoms with Crippen molar-refractivity contribution in [2.75, 3.05) is 0 Å². The van der Waals surface area contributed by atoms with Gasteiger partial charge in [0.15, 0.2) is 0 Å². The third-order valence-electron chi connectivity index (χ3n) is 3.76. The summed E-state index contributed by atoms with van der Waals surface area (Å²) < 4.78 is 0. The molecule has 0 N–H and O–H groups in total. The van der Waals surface area contributed by atoms with Crippen molar-refractivity contribution in [2.45, 2.75) is 27.2 Å². The first-order valence-corrected chi connectivity index (χ1v) is 5.72. The fraction of sp³-hybridized carbons (Fsp3) is 0.267. The summed E-state index contributed by atoms with van der Waals surface area (Å²) in [5, 5.41) is 0. The molecule has 0 atom stereocenters. The summed E-state index contributed by atoms with van der Waals surface area (Å²) in [7, 11) is 0. The minimum absolute atomic E-state index is 0.994. The predicted octanol–water partition coefficient (Wildman–Crippen LogP) is 3.58. The van der Waals surface area contributed by atoms with Gasteiger partial charge in [0.25, 0.3) is 0 Å². The fourth-order valence-electron chi connectivity index (χ4n) is 2.67. The second kappa shape index (κ2) is 3.18. The van der Waals surface area contributed by atoms with E-state index in [4.69, 9.17) is 0 Å². The molecule has 16 heavy (non-hydrogen) atoms. The number of benzene rings is 1. The van der Waals surface area contributed by atoms with Gasteiger partial charge in [-0.3, -0.25) is 4.98 Å². The van der Waals surface area contributed by atoms with Gasteiger partial charge in [0, 0.05) is 18.2 Å². The largest absolute Gasteiger partial charge is 0.260 e. The van der Waals surface area contributed by atoms with Gasteiger partial charge in [-0.05, 0) is 54.7 Å². The van der Waals surface area contributed by atoms with Crippen molar-refractivity contribution in [1.82, 2.24) is 4.98 Å². The monoisotopic (exact) mass is 209 g/mol. The van der Waals surface area contributed by atoms with Crippen molar-refractivity contribution in [3.05, 3.63) is 52.3 Å². The molecule has 0 unspecified atom stereocenters. The van der Waals surface area contributed by atoms with Crippen LogP contribution < -0.4 is 0 Å². The zero-order chi connectivity index (χ0) is 11.3. The SMILES string of the molecule is Cc1cc2c(c(C)c1C)-c1cccnc1C2. The molecular formula is C15H15N. The maximum absolute atomic E-state index is 4.47. The Kier molecular flexibility index (Phi) is 1.90. The van der Waals surface area contributed by atoms with Gasteiger partial charge < -0.3 is 0 Å². The lowest BCUT2D eigenvalue weighted by atomic mass is 9.93. The summed E-state index contributed by atoms with van der Waals surface area (Å²) >= 11 is 0. The molecule has 1 aliphatic carbocycles. The Hall–Kier alpha value is -1.63. The van der Waals surface area contributed by atoms with E-state index < -0.39 is 0 Å². The highest BCUT2D eigenvalue weighted by Crippen LogP contribution is 2.39. The summed E-state index contributed by atoms with van der Waals surface area (Å²) in [6, 6.07) is 6.54. The van der Waals surface area contributed by atoms with Gasteiger partial charge in [0.1, 0.15) is 0 Å². The molecule has 1 heteroatoms. The fourth-order valence-corrected chi connectivity index (χ4v) is 2.67. The van der Waals surface area contributed by atoms with Crippen molar-refractivity contribution in [3.8, 4) is 11.1 Å². The molecule has 0 bridgehead atoms. The van der Waals surface area contributed by atoms with Crippen LogP contribution in [-0.2, 0) is 6.42 Å². The van der Waals surface area contributed by atoms with Crippen LogP contribution in [0.2, 0.25) is 0 Å². The van der Waals surface area contributed by atoms with Crippen LogP contribution >= 0.6 is 0 Å². The van der Waals surface area contributed by atoms with Crippen molar-refractivity contribution in [1.29, 1.82) is 0 Å². The number of rotatable bonds is 0. The van der Waals surface area contributed by atoms with Crippen LogP contribution in [0.25, 0.3) is 11.1 Å². The molecule has 1 aliphatic rings. The molecule has 0 amide bonds. The molecule has 80 valence electrons. The van der Waals surface area contributed by atoms with Crippen LogP contribution in [0, 0.1) is 20.8 Å². The summed E-state index contributed by atoms with van der Waals surface area (Å²) in [4.78, 5) is 4.47. The molecule has 1 aromatic carbocycles. The van der Waals surface area contributed by atoms with Crippen LogP contribution in [0.1, 0.15) is 27.9 Å². The Morgan fingerprint density at radius 2 is 1.94 bits per heavy atom. The standard InChI is InChI=1S/C15H15N/c1-9-7-12-8-14-13(5-4-6-16-14)15(12)11(3)10(9)2/h4-7H,8H2,1-3H3. The van der Waals surface area contributed by atoms with Crippen LogP contribution in [0.5, 0.6) is 0 Å². The molecule has 1 aromatic heterocycles. The highest BCUT2D eigenvalue weighted by molar-refractivity contribution is 5.79. The maximum atomic E-state index is 4.47. The van der Waals surface area contributed by atoms with Crippen LogP contribution in [0.4, 0.5) is 0 Å². The minimum Gasteiger partial charge on any atom is -0.260 e. The van der Waals surface area contributed by atoms with E-state index in [1.165, 1.54) is 39.1 Å². The van der Waals surface area contributed by atoms with Gasteiger partial charge in [0.05, 0.1) is 5.69 Å². The summed E-state index contributed by atoms with van der Waals surface area (Å²) in [6.45, 7) is 6.63. The predicted molar refractivity (Wildman–Crippen MR) is 66.7 cm³/mol. The molecule has 0 radical (unpaired) electrons. The first-order valence-electron chi connectivity index (χ1n) is 5.72. The number of nitrogens with zero attached hydrogens (tertiary/aromatic N) is 1. The molecular weight excluding hydrogens is 194 g/mol. The number of hydrogen-bond acceptors (Lipinski definition) is 1. The van der Waals surface area contributed by atoms with E-state index in [1.807, 2.05) is 12.3 Å². The quantitative estimate of drug-likeness (QED) is 0.551. The van der Waals surface area contributed by atoms with E-state index in [9.17, 15) is 0 Å². The number of pyridine rings is 1. The molecule has 0 fully saturated rings. The van der Waals surface area contributed by atoms with E-state index in [0.717, 1.165) is 6.42 Å². The molecule has 3 rings (SSSR count). The highest BCUT2D eigenvalue weighted by Gasteiger charge is 2.22. The van der Waals surface area contributed by atoms with E-state index in [-0.39, 0.29) is 0 Å². The van der Waals surface area contributed by atoms with Crippen molar-refractivity contribution in [2.24, 2.45) is 0 Å². The zero-order valence-corrected chi connectivity index (χ0v) is 9.96. The van der Waals surface area contributed by atoms with Gasteiger partial charge >= 0.3 is 0 Å². The second-order valence-electron chi connectivity index (χ2n) is 4.65. The Morgan fingerprint density at radius 3 is 2.75 bits per heavy atom. The Labute approximate surface area is 96.2 Å². The Balaban J connectivity index is 2.36. The smallest absolute Gasteiger partial charge is 0.0526 e. The average Bonchev–Trinajstić information content (AvgIpc) is 2.64. The van der Waals surface area contributed by atoms with E-state index in [2.05, 4.69) is 37.9 Å². The van der Waals surface area contributed by atoms with Crippen molar-refractivity contribution >= 4 is 0 Å². The lowest BCUT2D eigenvalue weighted by Crippen LogP contribution is -1.92. The van der Waals surface area contributed by atoms with Crippen LogP contribution in [0.15, 0.2) is 24.4 Å². The van der Waals surface area contributed by atoms with Gasteiger partial charge in [-0.25, -0.2) is 0 Å². The van der Waals surface area contributed by atoms with E-state index >= 15 is 0 Å². The van der Waals surface area contributed by atoms with Crippen molar-refractivity contribution in [3.63, 3.8) is 0 Å². The third-order valence-corrected chi connectivity index (χ3v) is 3.76. The molecule has 2 aromatic rings. The molecule has 0 saturated heterocycles. The molecule has 0 aliphatic heterocycles. The summed E-state index contributed by atoms with van der Waals surface area (Å²) in [5.41, 5.74) is 9.64. The van der Waals surface area contributed by atoms with Gasteiger partial charge in [-0.15, -0.1) is 0 Å². The van der Waals surface area contributed by atoms with Crippen LogP contribution in [0.3, 0.4) is 0 Å². The number of aromatic nitrogens is 1. The molecule has 1 heterocycles. The first kappa shape index (κ1) is 9.59. The summed E-state index contributed by atoms with van der Waals surface area (Å²) in [6.07, 6.45) is 2.88. The third kappa shape index (κ3) is 1.15. The van der Waals surface area contributed by atoms with E-state index in [1.54, 1.807) is 0 Å². The second-order valence-corrected chi connectivity index (χ2v) is 4.65. The highest BCUT2D eigenvalue weighted by atomic mass is 14.7.